The number of carbonyl (C=O) groups excluding carboxylic acids is 1. The minimum Gasteiger partial charge on any atom is -0.380 e. The van der Waals surface area contributed by atoms with E-state index in [1.54, 1.807) is 30.1 Å². The van der Waals surface area contributed by atoms with Gasteiger partial charge in [-0.3, -0.25) is 14.9 Å². The number of nitrogens with zero attached hydrogens (tertiary/aromatic N) is 5. The highest BCUT2D eigenvalue weighted by atomic mass is 35.5. The maximum atomic E-state index is 15.5. The van der Waals surface area contributed by atoms with Gasteiger partial charge < -0.3 is 19.4 Å². The van der Waals surface area contributed by atoms with Gasteiger partial charge in [0.25, 0.3) is 0 Å². The summed E-state index contributed by atoms with van der Waals surface area (Å²) in [4.78, 5) is 21.2. The van der Waals surface area contributed by atoms with Gasteiger partial charge in [0.15, 0.2) is 17.3 Å². The van der Waals surface area contributed by atoms with Crippen LogP contribution in [-0.4, -0.2) is 57.3 Å². The van der Waals surface area contributed by atoms with E-state index >= 15 is 4.39 Å². The SMILES string of the molecule is COC1CCN(c2c(F)c(Cl)c(-c3cn4cc(NC=O)nc4cn3)c3cn[nH]c23)C1. The smallest absolute Gasteiger partial charge is 0.212 e. The van der Waals surface area contributed by atoms with Crippen molar-refractivity contribution in [3.8, 4) is 11.3 Å². The van der Waals surface area contributed by atoms with Crippen LogP contribution in [0.15, 0.2) is 24.8 Å². The number of ether oxygens (including phenoxy) is 1. The molecule has 1 aliphatic heterocycles. The van der Waals surface area contributed by atoms with Crippen molar-refractivity contribution >= 4 is 46.1 Å². The van der Waals surface area contributed by atoms with Crippen molar-refractivity contribution in [3.05, 3.63) is 35.6 Å². The molecule has 3 aromatic heterocycles. The lowest BCUT2D eigenvalue weighted by Gasteiger charge is -2.21. The normalized spacial score (nSPS) is 16.6. The number of nitrogens with one attached hydrogen (secondary N) is 2. The highest BCUT2D eigenvalue weighted by Gasteiger charge is 2.30. The Hall–Kier alpha value is -3.24. The van der Waals surface area contributed by atoms with E-state index in [0.29, 0.717) is 58.8 Å². The Bertz CT molecular complexity index is 1270. The van der Waals surface area contributed by atoms with E-state index in [9.17, 15) is 4.79 Å². The van der Waals surface area contributed by atoms with E-state index in [0.717, 1.165) is 6.42 Å². The van der Waals surface area contributed by atoms with Crippen LogP contribution in [0.3, 0.4) is 0 Å². The molecule has 1 aliphatic rings. The average molecular weight is 430 g/mol. The lowest BCUT2D eigenvalue weighted by molar-refractivity contribution is -0.105. The zero-order valence-corrected chi connectivity index (χ0v) is 16.6. The molecule has 1 unspecified atom stereocenters. The number of carbonyl (C=O) groups is 1. The standard InChI is InChI=1S/C19H17ClFN7O2/c1-30-10-2-3-27(6-10)19-17(21)16(20)15(11-4-24-26-18(11)19)12-7-28-8-13(23-9-29)25-14(28)5-22-12/h4-5,7-10H,2-3,6H2,1H3,(H,23,29)(H,24,26). The van der Waals surface area contributed by atoms with E-state index in [-0.39, 0.29) is 11.1 Å². The molecule has 4 aromatic rings. The largest absolute Gasteiger partial charge is 0.380 e. The van der Waals surface area contributed by atoms with Crippen molar-refractivity contribution in [3.63, 3.8) is 0 Å². The number of amides is 1. The predicted octanol–water partition coefficient (Wildman–Crippen LogP) is 2.86. The number of fused-ring (bicyclic) bond motifs is 2. The Kier molecular flexibility index (Phi) is 4.52. The number of methoxy groups -OCH3 is 1. The van der Waals surface area contributed by atoms with E-state index in [1.807, 2.05) is 4.90 Å². The van der Waals surface area contributed by atoms with E-state index in [4.69, 9.17) is 16.3 Å². The highest BCUT2D eigenvalue weighted by Crippen LogP contribution is 2.43. The molecule has 0 bridgehead atoms. The summed E-state index contributed by atoms with van der Waals surface area (Å²) in [5.74, 6) is -0.150. The summed E-state index contributed by atoms with van der Waals surface area (Å²) in [7, 11) is 1.65. The molecule has 154 valence electrons. The third kappa shape index (κ3) is 2.87. The van der Waals surface area contributed by atoms with Gasteiger partial charge in [-0.25, -0.2) is 9.37 Å². The zero-order chi connectivity index (χ0) is 20.8. The Labute approximate surface area is 174 Å². The molecule has 0 aliphatic carbocycles. The maximum absolute atomic E-state index is 15.5. The number of imidazole rings is 1. The number of aromatic amines is 1. The van der Waals surface area contributed by atoms with Crippen LogP contribution in [-0.2, 0) is 9.53 Å². The molecule has 1 amide bonds. The van der Waals surface area contributed by atoms with Crippen LogP contribution in [0.2, 0.25) is 5.02 Å². The lowest BCUT2D eigenvalue weighted by Crippen LogP contribution is -2.23. The Morgan fingerprint density at radius 2 is 2.27 bits per heavy atom. The van der Waals surface area contributed by atoms with E-state index in [2.05, 4.69) is 25.5 Å². The number of hydrogen-bond acceptors (Lipinski definition) is 6. The first-order chi connectivity index (χ1) is 14.6. The lowest BCUT2D eigenvalue weighted by atomic mass is 10.0. The van der Waals surface area contributed by atoms with Crippen molar-refractivity contribution < 1.29 is 13.9 Å². The van der Waals surface area contributed by atoms with E-state index in [1.165, 1.54) is 6.20 Å². The van der Waals surface area contributed by atoms with Gasteiger partial charge in [-0.05, 0) is 6.42 Å². The Morgan fingerprint density at radius 3 is 3.03 bits per heavy atom. The molecular formula is C19H17ClFN7O2. The summed E-state index contributed by atoms with van der Waals surface area (Å²) >= 11 is 6.53. The van der Waals surface area contributed by atoms with Crippen molar-refractivity contribution in [1.82, 2.24) is 24.6 Å². The second-order valence-electron chi connectivity index (χ2n) is 7.03. The van der Waals surface area contributed by atoms with Gasteiger partial charge in [-0.2, -0.15) is 5.10 Å². The minimum absolute atomic E-state index is 0.0297. The molecule has 4 heterocycles. The van der Waals surface area contributed by atoms with Gasteiger partial charge in [-0.1, -0.05) is 11.6 Å². The molecule has 1 aromatic carbocycles. The molecule has 0 radical (unpaired) electrons. The van der Waals surface area contributed by atoms with Gasteiger partial charge in [0.05, 0.1) is 40.9 Å². The Balaban J connectivity index is 1.66. The molecule has 1 saturated heterocycles. The summed E-state index contributed by atoms with van der Waals surface area (Å²) in [6.07, 6.45) is 7.85. The van der Waals surface area contributed by atoms with Crippen LogP contribution in [0.4, 0.5) is 15.9 Å². The third-order valence-corrected chi connectivity index (χ3v) is 5.72. The fourth-order valence-electron chi connectivity index (χ4n) is 3.93. The van der Waals surface area contributed by atoms with Crippen LogP contribution >= 0.6 is 11.6 Å². The van der Waals surface area contributed by atoms with Gasteiger partial charge >= 0.3 is 0 Å². The second-order valence-corrected chi connectivity index (χ2v) is 7.41. The molecule has 30 heavy (non-hydrogen) atoms. The van der Waals surface area contributed by atoms with Gasteiger partial charge in [0.1, 0.15) is 5.69 Å². The third-order valence-electron chi connectivity index (χ3n) is 5.36. The first-order valence-electron chi connectivity index (χ1n) is 9.27. The highest BCUT2D eigenvalue weighted by molar-refractivity contribution is 6.35. The fourth-order valence-corrected chi connectivity index (χ4v) is 4.22. The van der Waals surface area contributed by atoms with Crippen molar-refractivity contribution in [2.75, 3.05) is 30.4 Å². The first kappa shape index (κ1) is 18.8. The zero-order valence-electron chi connectivity index (χ0n) is 15.9. The van der Waals surface area contributed by atoms with Crippen LogP contribution in [0, 0.1) is 5.82 Å². The summed E-state index contributed by atoms with van der Waals surface area (Å²) in [6, 6.07) is 0. The summed E-state index contributed by atoms with van der Waals surface area (Å²) < 4.78 is 22.6. The molecule has 9 nitrogen and oxygen atoms in total. The van der Waals surface area contributed by atoms with Crippen molar-refractivity contribution in [2.24, 2.45) is 0 Å². The molecule has 5 rings (SSSR count). The second kappa shape index (κ2) is 7.22. The minimum atomic E-state index is -0.531. The fraction of sp³-hybridized carbons (Fsp3) is 0.263. The molecule has 2 N–H and O–H groups in total. The summed E-state index contributed by atoms with van der Waals surface area (Å²) in [5.41, 5.74) is 2.36. The number of aromatic nitrogens is 5. The predicted molar refractivity (Wildman–Crippen MR) is 110 cm³/mol. The van der Waals surface area contributed by atoms with Crippen LogP contribution in [0.5, 0.6) is 0 Å². The number of H-pyrrole nitrogens is 1. The number of rotatable bonds is 5. The number of halogens is 2. The molecule has 1 atom stereocenters. The molecular weight excluding hydrogens is 413 g/mol. The van der Waals surface area contributed by atoms with Gasteiger partial charge in [0.2, 0.25) is 6.41 Å². The van der Waals surface area contributed by atoms with Crippen LogP contribution in [0.25, 0.3) is 27.8 Å². The molecule has 11 heteroatoms. The summed E-state index contributed by atoms with van der Waals surface area (Å²) in [5, 5.41) is 10.2. The number of hydrogen-bond donors (Lipinski definition) is 2. The summed E-state index contributed by atoms with van der Waals surface area (Å²) in [6.45, 7) is 1.23. The molecule has 1 fully saturated rings. The van der Waals surface area contributed by atoms with Gasteiger partial charge in [-0.15, -0.1) is 0 Å². The number of benzene rings is 1. The van der Waals surface area contributed by atoms with Gasteiger partial charge in [0, 0.05) is 37.3 Å². The van der Waals surface area contributed by atoms with Crippen LogP contribution < -0.4 is 10.2 Å². The van der Waals surface area contributed by atoms with Crippen molar-refractivity contribution in [1.29, 1.82) is 0 Å². The molecule has 0 spiro atoms. The van der Waals surface area contributed by atoms with E-state index < -0.39 is 5.82 Å². The van der Waals surface area contributed by atoms with Crippen molar-refractivity contribution in [2.45, 2.75) is 12.5 Å². The van der Waals surface area contributed by atoms with Crippen LogP contribution in [0.1, 0.15) is 6.42 Å². The quantitative estimate of drug-likeness (QED) is 0.473. The number of anilines is 2. The topological polar surface area (TPSA) is 100 Å². The maximum Gasteiger partial charge on any atom is 0.212 e. The first-order valence-corrected chi connectivity index (χ1v) is 9.65. The molecule has 0 saturated carbocycles. The Morgan fingerprint density at radius 1 is 1.40 bits per heavy atom. The monoisotopic (exact) mass is 429 g/mol. The average Bonchev–Trinajstić information content (AvgIpc) is 3.48.